The molecule has 1 aromatic heterocycles. The zero-order chi connectivity index (χ0) is 20.7. The molecular weight excluding hydrogens is 342 g/mol. The number of para-hydroxylation sites is 1. The van der Waals surface area contributed by atoms with Crippen LogP contribution in [0.5, 0.6) is 0 Å². The summed E-state index contributed by atoms with van der Waals surface area (Å²) in [5, 5.41) is 0. The smallest absolute Gasteiger partial charge is 0.0849 e. The van der Waals surface area contributed by atoms with Crippen LogP contribution in [-0.4, -0.2) is 23.0 Å². The van der Waals surface area contributed by atoms with Crippen LogP contribution in [-0.2, 0) is 0 Å². The number of aromatic nitrogens is 1. The van der Waals surface area contributed by atoms with Gasteiger partial charge in [-0.1, -0.05) is 58.0 Å². The summed E-state index contributed by atoms with van der Waals surface area (Å²) in [6.45, 7) is 17.4. The van der Waals surface area contributed by atoms with Crippen molar-refractivity contribution in [3.8, 4) is 0 Å². The van der Waals surface area contributed by atoms with Gasteiger partial charge in [0.25, 0.3) is 0 Å². The normalized spacial score (nSPS) is 12.7. The highest BCUT2D eigenvalue weighted by Gasteiger charge is 2.14. The van der Waals surface area contributed by atoms with E-state index < -0.39 is 0 Å². The van der Waals surface area contributed by atoms with Gasteiger partial charge >= 0.3 is 0 Å². The highest BCUT2D eigenvalue weighted by molar-refractivity contribution is 6.01. The molecule has 0 unspecified atom stereocenters. The molecule has 0 atom stereocenters. The Hall–Kier alpha value is -2.55. The average molecular weight is 376 g/mol. The molecule has 3 heteroatoms. The molecule has 0 bridgehead atoms. The highest BCUT2D eigenvalue weighted by Crippen LogP contribution is 2.35. The minimum absolute atomic E-state index is 0.420. The topological polar surface area (TPSA) is 37.6 Å². The van der Waals surface area contributed by atoms with Gasteiger partial charge in [-0.05, 0) is 55.4 Å². The number of aliphatic imine (C=N–C) groups is 2. The molecule has 148 valence electrons. The van der Waals surface area contributed by atoms with Crippen LogP contribution < -0.4 is 0 Å². The van der Waals surface area contributed by atoms with Crippen LogP contribution >= 0.6 is 0 Å². The Bertz CT molecular complexity index is 847. The van der Waals surface area contributed by atoms with Crippen LogP contribution in [0.25, 0.3) is 0 Å². The summed E-state index contributed by atoms with van der Waals surface area (Å²) in [5.41, 5.74) is 7.32. The largest absolute Gasteiger partial charge is 0.287 e. The number of nitrogens with zero attached hydrogens (tertiary/aromatic N) is 3. The van der Waals surface area contributed by atoms with E-state index >= 15 is 0 Å². The van der Waals surface area contributed by atoms with E-state index in [2.05, 4.69) is 57.5 Å². The number of benzene rings is 1. The predicted octanol–water partition coefficient (Wildman–Crippen LogP) is 6.85. The van der Waals surface area contributed by atoms with Gasteiger partial charge in [-0.2, -0.15) is 0 Å². The molecule has 3 nitrogen and oxygen atoms in total. The number of hydrogen-bond donors (Lipinski definition) is 0. The third kappa shape index (κ3) is 5.48. The minimum atomic E-state index is 0.420. The molecule has 0 amide bonds. The summed E-state index contributed by atoms with van der Waals surface area (Å²) in [4.78, 5) is 14.4. The Balaban J connectivity index is 2.46. The third-order valence-electron chi connectivity index (χ3n) is 4.79. The van der Waals surface area contributed by atoms with Crippen molar-refractivity contribution in [3.63, 3.8) is 0 Å². The molecule has 1 heterocycles. The third-order valence-corrected chi connectivity index (χ3v) is 4.79. The van der Waals surface area contributed by atoms with E-state index in [1.807, 2.05) is 38.1 Å². The van der Waals surface area contributed by atoms with Crippen molar-refractivity contribution in [2.75, 3.05) is 6.54 Å². The van der Waals surface area contributed by atoms with Crippen LogP contribution in [0.2, 0.25) is 0 Å². The Morgan fingerprint density at radius 1 is 0.929 bits per heavy atom. The SMILES string of the molecule is C=CCCN=C(C)c1cccc(C(C)=Nc2c(C(C)C)cccc2C(C)C)n1. The molecule has 0 saturated carbocycles. The molecule has 2 aromatic rings. The Labute approximate surface area is 170 Å². The Morgan fingerprint density at radius 3 is 2.00 bits per heavy atom. The van der Waals surface area contributed by atoms with Crippen LogP contribution in [0.15, 0.2) is 59.0 Å². The molecule has 2 rings (SSSR count). The first-order valence-corrected chi connectivity index (χ1v) is 10.1. The van der Waals surface area contributed by atoms with Crippen molar-refractivity contribution in [2.45, 2.75) is 59.8 Å². The molecule has 0 radical (unpaired) electrons. The van der Waals surface area contributed by atoms with Gasteiger partial charge in [0.1, 0.15) is 0 Å². The van der Waals surface area contributed by atoms with E-state index in [9.17, 15) is 0 Å². The van der Waals surface area contributed by atoms with Gasteiger partial charge in [0.2, 0.25) is 0 Å². The second kappa shape index (κ2) is 10.1. The molecule has 1 aromatic carbocycles. The molecule has 0 saturated heterocycles. The van der Waals surface area contributed by atoms with E-state index in [0.717, 1.165) is 41.5 Å². The van der Waals surface area contributed by atoms with Crippen molar-refractivity contribution in [2.24, 2.45) is 9.98 Å². The first-order chi connectivity index (χ1) is 13.3. The van der Waals surface area contributed by atoms with Crippen molar-refractivity contribution in [3.05, 3.63) is 71.6 Å². The van der Waals surface area contributed by atoms with Crippen LogP contribution in [0.4, 0.5) is 5.69 Å². The quantitative estimate of drug-likeness (QED) is 0.282. The lowest BCUT2D eigenvalue weighted by molar-refractivity contribution is 0.834. The molecule has 0 fully saturated rings. The van der Waals surface area contributed by atoms with Gasteiger partial charge in [0.15, 0.2) is 0 Å². The summed E-state index contributed by atoms with van der Waals surface area (Å²) >= 11 is 0. The Morgan fingerprint density at radius 2 is 1.46 bits per heavy atom. The van der Waals surface area contributed by atoms with Crippen molar-refractivity contribution in [1.82, 2.24) is 4.98 Å². The average Bonchev–Trinajstić information content (AvgIpc) is 2.67. The van der Waals surface area contributed by atoms with Gasteiger partial charge in [0.05, 0.1) is 28.5 Å². The van der Waals surface area contributed by atoms with Crippen molar-refractivity contribution >= 4 is 17.1 Å². The molecule has 0 aliphatic carbocycles. The summed E-state index contributed by atoms with van der Waals surface area (Å²) < 4.78 is 0. The molecule has 0 aliphatic rings. The van der Waals surface area contributed by atoms with Crippen molar-refractivity contribution < 1.29 is 0 Å². The van der Waals surface area contributed by atoms with Crippen molar-refractivity contribution in [1.29, 1.82) is 0 Å². The van der Waals surface area contributed by atoms with E-state index in [1.165, 1.54) is 11.1 Å². The lowest BCUT2D eigenvalue weighted by Gasteiger charge is -2.17. The van der Waals surface area contributed by atoms with E-state index in [0.29, 0.717) is 11.8 Å². The molecule has 0 spiro atoms. The second-order valence-electron chi connectivity index (χ2n) is 7.74. The lowest BCUT2D eigenvalue weighted by atomic mass is 9.93. The first kappa shape index (κ1) is 21.7. The monoisotopic (exact) mass is 375 g/mol. The second-order valence-corrected chi connectivity index (χ2v) is 7.74. The summed E-state index contributed by atoms with van der Waals surface area (Å²) in [5.74, 6) is 0.840. The lowest BCUT2D eigenvalue weighted by Crippen LogP contribution is -2.06. The molecule has 0 aliphatic heterocycles. The highest BCUT2D eigenvalue weighted by atomic mass is 14.8. The van der Waals surface area contributed by atoms with Gasteiger partial charge in [-0.3, -0.25) is 9.98 Å². The zero-order valence-electron chi connectivity index (χ0n) is 18.2. The molecule has 0 N–H and O–H groups in total. The van der Waals surface area contributed by atoms with Gasteiger partial charge in [0, 0.05) is 6.54 Å². The van der Waals surface area contributed by atoms with Gasteiger partial charge < -0.3 is 0 Å². The number of rotatable bonds is 8. The van der Waals surface area contributed by atoms with E-state index in [-0.39, 0.29) is 0 Å². The fourth-order valence-electron chi connectivity index (χ4n) is 3.11. The van der Waals surface area contributed by atoms with Crippen LogP contribution in [0, 0.1) is 0 Å². The summed E-state index contributed by atoms with van der Waals surface area (Å²) in [7, 11) is 0. The van der Waals surface area contributed by atoms with Crippen LogP contribution in [0.3, 0.4) is 0 Å². The maximum atomic E-state index is 5.05. The maximum absolute atomic E-state index is 5.05. The fourth-order valence-corrected chi connectivity index (χ4v) is 3.11. The number of hydrogen-bond acceptors (Lipinski definition) is 3. The van der Waals surface area contributed by atoms with Gasteiger partial charge in [-0.25, -0.2) is 4.98 Å². The molecule has 28 heavy (non-hydrogen) atoms. The van der Waals surface area contributed by atoms with E-state index in [4.69, 9.17) is 9.98 Å². The van der Waals surface area contributed by atoms with Gasteiger partial charge in [-0.15, -0.1) is 6.58 Å². The first-order valence-electron chi connectivity index (χ1n) is 10.1. The predicted molar refractivity (Wildman–Crippen MR) is 123 cm³/mol. The maximum Gasteiger partial charge on any atom is 0.0849 e. The number of pyridine rings is 1. The summed E-state index contributed by atoms with van der Waals surface area (Å²) in [6.07, 6.45) is 2.76. The fraction of sp³-hybridized carbons (Fsp3) is 0.400. The minimum Gasteiger partial charge on any atom is -0.287 e. The summed E-state index contributed by atoms with van der Waals surface area (Å²) in [6, 6.07) is 12.6. The van der Waals surface area contributed by atoms with Crippen LogP contribution in [0.1, 0.15) is 82.3 Å². The molecular formula is C25H33N3. The Kier molecular flexibility index (Phi) is 7.86. The zero-order valence-corrected chi connectivity index (χ0v) is 18.2. The van der Waals surface area contributed by atoms with E-state index in [1.54, 1.807) is 0 Å². The standard InChI is InChI=1S/C25H33N3/c1-8-9-16-26-19(6)23-14-11-15-24(28-23)20(7)27-25-21(17(2)3)12-10-13-22(25)18(4)5/h8,10-15,17-18H,1,9,16H2,2-7H3.